The predicted octanol–water partition coefficient (Wildman–Crippen LogP) is 3.07. The maximum absolute atomic E-state index is 13.2. The number of nitrogens with zero attached hydrogens (tertiary/aromatic N) is 4. The van der Waals surface area contributed by atoms with E-state index in [0.717, 1.165) is 16.9 Å². The SMILES string of the molecule is Fc1cc(Cl)cc(CNc2ccc(-n3cnnn3)cc2)c1. The number of aromatic nitrogens is 4. The van der Waals surface area contributed by atoms with Gasteiger partial charge in [0.15, 0.2) is 0 Å². The normalized spacial score (nSPS) is 10.6. The Morgan fingerprint density at radius 3 is 2.62 bits per heavy atom. The summed E-state index contributed by atoms with van der Waals surface area (Å²) in [5.41, 5.74) is 2.55. The number of anilines is 1. The van der Waals surface area contributed by atoms with Gasteiger partial charge in [-0.1, -0.05) is 11.6 Å². The Balaban J connectivity index is 1.68. The first-order valence-corrected chi connectivity index (χ1v) is 6.61. The zero-order chi connectivity index (χ0) is 14.7. The van der Waals surface area contributed by atoms with Crippen LogP contribution in [0.25, 0.3) is 5.69 Å². The van der Waals surface area contributed by atoms with Gasteiger partial charge in [0.2, 0.25) is 0 Å². The molecule has 0 radical (unpaired) electrons. The van der Waals surface area contributed by atoms with E-state index >= 15 is 0 Å². The van der Waals surface area contributed by atoms with Crippen molar-refractivity contribution in [2.75, 3.05) is 5.32 Å². The van der Waals surface area contributed by atoms with Gasteiger partial charge in [-0.25, -0.2) is 9.07 Å². The Morgan fingerprint density at radius 1 is 1.14 bits per heavy atom. The Morgan fingerprint density at radius 2 is 1.95 bits per heavy atom. The largest absolute Gasteiger partial charge is 0.381 e. The molecule has 5 nitrogen and oxygen atoms in total. The van der Waals surface area contributed by atoms with Crippen molar-refractivity contribution in [1.82, 2.24) is 20.2 Å². The molecule has 21 heavy (non-hydrogen) atoms. The smallest absolute Gasteiger partial charge is 0.143 e. The van der Waals surface area contributed by atoms with Gasteiger partial charge in [-0.3, -0.25) is 0 Å². The second-order valence-electron chi connectivity index (χ2n) is 4.43. The van der Waals surface area contributed by atoms with E-state index in [1.165, 1.54) is 18.5 Å². The van der Waals surface area contributed by atoms with Crippen molar-refractivity contribution in [3.05, 3.63) is 65.2 Å². The number of hydrogen-bond donors (Lipinski definition) is 1. The summed E-state index contributed by atoms with van der Waals surface area (Å²) in [4.78, 5) is 0. The van der Waals surface area contributed by atoms with E-state index in [1.807, 2.05) is 24.3 Å². The van der Waals surface area contributed by atoms with Crippen LogP contribution in [0.2, 0.25) is 5.02 Å². The molecule has 0 aliphatic rings. The van der Waals surface area contributed by atoms with Crippen LogP contribution >= 0.6 is 11.6 Å². The van der Waals surface area contributed by atoms with Crippen molar-refractivity contribution in [2.24, 2.45) is 0 Å². The number of hydrogen-bond acceptors (Lipinski definition) is 4. The van der Waals surface area contributed by atoms with E-state index in [1.54, 1.807) is 10.7 Å². The molecule has 2 aromatic carbocycles. The summed E-state index contributed by atoms with van der Waals surface area (Å²) >= 11 is 5.82. The molecule has 3 aromatic rings. The van der Waals surface area contributed by atoms with E-state index in [9.17, 15) is 4.39 Å². The molecule has 0 amide bonds. The van der Waals surface area contributed by atoms with Crippen molar-refractivity contribution in [3.8, 4) is 5.69 Å². The van der Waals surface area contributed by atoms with E-state index < -0.39 is 0 Å². The first-order valence-electron chi connectivity index (χ1n) is 6.23. The van der Waals surface area contributed by atoms with Crippen LogP contribution in [0, 0.1) is 5.82 Å². The lowest BCUT2D eigenvalue weighted by Gasteiger charge is -2.08. The predicted molar refractivity (Wildman–Crippen MR) is 77.9 cm³/mol. The highest BCUT2D eigenvalue weighted by atomic mass is 35.5. The van der Waals surface area contributed by atoms with E-state index in [0.29, 0.717) is 11.6 Å². The average Bonchev–Trinajstić information content (AvgIpc) is 2.99. The molecule has 1 heterocycles. The Kier molecular flexibility index (Phi) is 3.79. The summed E-state index contributed by atoms with van der Waals surface area (Å²) in [6.07, 6.45) is 1.52. The van der Waals surface area contributed by atoms with Gasteiger partial charge in [-0.2, -0.15) is 0 Å². The summed E-state index contributed by atoms with van der Waals surface area (Å²) in [5, 5.41) is 14.6. The first-order chi connectivity index (χ1) is 10.2. The van der Waals surface area contributed by atoms with Crippen molar-refractivity contribution in [2.45, 2.75) is 6.54 Å². The molecule has 0 fully saturated rings. The second kappa shape index (κ2) is 5.88. The Bertz CT molecular complexity index is 707. The topological polar surface area (TPSA) is 55.6 Å². The van der Waals surface area contributed by atoms with Gasteiger partial charge in [0.1, 0.15) is 12.1 Å². The molecule has 0 saturated carbocycles. The Labute approximate surface area is 125 Å². The third-order valence-electron chi connectivity index (χ3n) is 2.90. The first kappa shape index (κ1) is 13.5. The van der Waals surface area contributed by atoms with E-state index in [-0.39, 0.29) is 5.82 Å². The van der Waals surface area contributed by atoms with E-state index in [2.05, 4.69) is 20.8 Å². The molecular formula is C14H11ClFN5. The lowest BCUT2D eigenvalue weighted by Crippen LogP contribution is -2.01. The third kappa shape index (κ3) is 3.35. The molecule has 0 aliphatic heterocycles. The monoisotopic (exact) mass is 303 g/mol. The Hall–Kier alpha value is -2.47. The van der Waals surface area contributed by atoms with Gasteiger partial charge < -0.3 is 5.32 Å². The minimum absolute atomic E-state index is 0.340. The zero-order valence-corrected chi connectivity index (χ0v) is 11.6. The van der Waals surface area contributed by atoms with Crippen LogP contribution in [0.4, 0.5) is 10.1 Å². The van der Waals surface area contributed by atoms with Gasteiger partial charge in [-0.15, -0.1) is 5.10 Å². The van der Waals surface area contributed by atoms with Crippen molar-refractivity contribution in [3.63, 3.8) is 0 Å². The van der Waals surface area contributed by atoms with Crippen LogP contribution < -0.4 is 5.32 Å². The molecule has 1 aromatic heterocycles. The number of benzene rings is 2. The lowest BCUT2D eigenvalue weighted by molar-refractivity contribution is 0.626. The fourth-order valence-corrected chi connectivity index (χ4v) is 2.17. The molecule has 0 bridgehead atoms. The van der Waals surface area contributed by atoms with Gasteiger partial charge in [0, 0.05) is 17.3 Å². The number of rotatable bonds is 4. The minimum atomic E-state index is -0.340. The maximum Gasteiger partial charge on any atom is 0.143 e. The molecule has 0 unspecified atom stereocenters. The van der Waals surface area contributed by atoms with Crippen LogP contribution in [0.1, 0.15) is 5.56 Å². The quantitative estimate of drug-likeness (QED) is 0.805. The van der Waals surface area contributed by atoms with Crippen LogP contribution in [-0.2, 0) is 6.54 Å². The van der Waals surface area contributed by atoms with Gasteiger partial charge in [-0.05, 0) is 58.5 Å². The summed E-state index contributed by atoms with van der Waals surface area (Å²) in [7, 11) is 0. The molecule has 1 N–H and O–H groups in total. The third-order valence-corrected chi connectivity index (χ3v) is 3.12. The average molecular weight is 304 g/mol. The summed E-state index contributed by atoms with van der Waals surface area (Å²) in [6.45, 7) is 0.488. The van der Waals surface area contributed by atoms with Crippen LogP contribution in [0.5, 0.6) is 0 Å². The zero-order valence-electron chi connectivity index (χ0n) is 10.9. The molecule has 106 valence electrons. The number of tetrazole rings is 1. The van der Waals surface area contributed by atoms with Gasteiger partial charge in [0.05, 0.1) is 5.69 Å². The highest BCUT2D eigenvalue weighted by Gasteiger charge is 2.01. The summed E-state index contributed by atoms with van der Waals surface area (Å²) in [5.74, 6) is -0.340. The molecule has 0 aliphatic carbocycles. The standard InChI is InChI=1S/C14H11ClFN5/c15-11-5-10(6-12(16)7-11)8-17-13-1-3-14(4-2-13)21-9-18-19-20-21/h1-7,9,17H,8H2. The molecule has 0 atom stereocenters. The fourth-order valence-electron chi connectivity index (χ4n) is 1.93. The number of nitrogens with one attached hydrogen (secondary N) is 1. The van der Waals surface area contributed by atoms with Crippen molar-refractivity contribution < 1.29 is 4.39 Å². The molecular weight excluding hydrogens is 293 g/mol. The maximum atomic E-state index is 13.2. The van der Waals surface area contributed by atoms with Crippen molar-refractivity contribution >= 4 is 17.3 Å². The summed E-state index contributed by atoms with van der Waals surface area (Å²) < 4.78 is 14.8. The van der Waals surface area contributed by atoms with Crippen molar-refractivity contribution in [1.29, 1.82) is 0 Å². The van der Waals surface area contributed by atoms with Crippen LogP contribution in [0.3, 0.4) is 0 Å². The molecule has 7 heteroatoms. The molecule has 0 spiro atoms. The highest BCUT2D eigenvalue weighted by molar-refractivity contribution is 6.30. The second-order valence-corrected chi connectivity index (χ2v) is 4.87. The van der Waals surface area contributed by atoms with E-state index in [4.69, 9.17) is 11.6 Å². The highest BCUT2D eigenvalue weighted by Crippen LogP contribution is 2.17. The van der Waals surface area contributed by atoms with Crippen LogP contribution in [-0.4, -0.2) is 20.2 Å². The number of halogens is 2. The molecule has 3 rings (SSSR count). The van der Waals surface area contributed by atoms with Gasteiger partial charge in [0.25, 0.3) is 0 Å². The van der Waals surface area contributed by atoms with Crippen LogP contribution in [0.15, 0.2) is 48.8 Å². The summed E-state index contributed by atoms with van der Waals surface area (Å²) in [6, 6.07) is 12.0. The van der Waals surface area contributed by atoms with Gasteiger partial charge >= 0.3 is 0 Å². The lowest BCUT2D eigenvalue weighted by atomic mass is 10.2. The molecule has 0 saturated heterocycles. The minimum Gasteiger partial charge on any atom is -0.381 e. The fraction of sp³-hybridized carbons (Fsp3) is 0.0714.